The maximum atomic E-state index is 13.3. The molecule has 1 amide bonds. The number of carbonyl (C=O) groups is 1. The van der Waals surface area contributed by atoms with E-state index in [2.05, 4.69) is 4.72 Å². The van der Waals surface area contributed by atoms with E-state index in [0.717, 1.165) is 37.6 Å². The maximum Gasteiger partial charge on any atom is 0.262 e. The van der Waals surface area contributed by atoms with Crippen LogP contribution in [0.4, 0.5) is 5.69 Å². The van der Waals surface area contributed by atoms with Gasteiger partial charge in [-0.15, -0.1) is 0 Å². The third-order valence-corrected chi connectivity index (χ3v) is 7.54. The number of amides is 1. The van der Waals surface area contributed by atoms with Gasteiger partial charge in [-0.1, -0.05) is 36.4 Å². The highest BCUT2D eigenvalue weighted by atomic mass is 32.2. The molecular formula is C24H24N2O4S. The molecule has 0 aliphatic carbocycles. The third-order valence-electron chi connectivity index (χ3n) is 6.10. The Morgan fingerprint density at radius 3 is 2.71 bits per heavy atom. The Hall–Kier alpha value is -3.06. The summed E-state index contributed by atoms with van der Waals surface area (Å²) in [6.07, 6.45) is 3.91. The summed E-state index contributed by atoms with van der Waals surface area (Å²) in [5.41, 5.74) is 0.752. The Bertz CT molecular complexity index is 1250. The number of hydrogen-bond donors (Lipinski definition) is 1. The number of sulfonamides is 1. The first-order chi connectivity index (χ1) is 15.0. The summed E-state index contributed by atoms with van der Waals surface area (Å²) in [7, 11) is -3.84. The van der Waals surface area contributed by atoms with E-state index in [1.807, 2.05) is 29.2 Å². The van der Waals surface area contributed by atoms with E-state index in [9.17, 15) is 13.2 Å². The quantitative estimate of drug-likeness (QED) is 0.660. The van der Waals surface area contributed by atoms with Crippen LogP contribution in [0.15, 0.2) is 65.6 Å². The molecule has 1 saturated heterocycles. The summed E-state index contributed by atoms with van der Waals surface area (Å²) in [5, 5.41) is 1.50. The van der Waals surface area contributed by atoms with Gasteiger partial charge >= 0.3 is 0 Å². The van der Waals surface area contributed by atoms with Crippen molar-refractivity contribution in [1.82, 2.24) is 4.90 Å². The van der Waals surface area contributed by atoms with Crippen molar-refractivity contribution >= 4 is 32.4 Å². The lowest BCUT2D eigenvalue weighted by Gasteiger charge is -2.37. The second-order valence-corrected chi connectivity index (χ2v) is 9.73. The molecule has 2 heterocycles. The second kappa shape index (κ2) is 7.89. The molecule has 2 aliphatic heterocycles. The van der Waals surface area contributed by atoms with Gasteiger partial charge in [0.2, 0.25) is 0 Å². The van der Waals surface area contributed by atoms with E-state index < -0.39 is 10.0 Å². The molecule has 1 unspecified atom stereocenters. The molecular weight excluding hydrogens is 412 g/mol. The number of nitrogens with one attached hydrogen (secondary N) is 1. The van der Waals surface area contributed by atoms with Crippen molar-refractivity contribution in [1.29, 1.82) is 0 Å². The minimum Gasteiger partial charge on any atom is -0.493 e. The van der Waals surface area contributed by atoms with E-state index >= 15 is 0 Å². The fraction of sp³-hybridized carbons (Fsp3) is 0.292. The van der Waals surface area contributed by atoms with Gasteiger partial charge in [0, 0.05) is 30.1 Å². The number of fused-ring (bicyclic) bond motifs is 3. The molecule has 0 saturated carbocycles. The van der Waals surface area contributed by atoms with Crippen LogP contribution in [0.25, 0.3) is 10.8 Å². The molecule has 1 N–H and O–H groups in total. The number of rotatable bonds is 3. The highest BCUT2D eigenvalue weighted by molar-refractivity contribution is 7.93. The first-order valence-electron chi connectivity index (χ1n) is 10.6. The van der Waals surface area contributed by atoms with Gasteiger partial charge in [-0.3, -0.25) is 9.52 Å². The number of benzene rings is 3. The van der Waals surface area contributed by atoms with Crippen LogP contribution in [0.2, 0.25) is 0 Å². The van der Waals surface area contributed by atoms with Crippen LogP contribution in [0.3, 0.4) is 0 Å². The fourth-order valence-corrected chi connectivity index (χ4v) is 5.83. The Morgan fingerprint density at radius 1 is 0.968 bits per heavy atom. The number of ether oxygens (including phenoxy) is 1. The Balaban J connectivity index is 1.50. The summed E-state index contributed by atoms with van der Waals surface area (Å²) in [5.74, 6) is 0.410. The zero-order valence-electron chi connectivity index (χ0n) is 17.1. The highest BCUT2D eigenvalue weighted by Crippen LogP contribution is 2.32. The molecule has 1 atom stereocenters. The van der Waals surface area contributed by atoms with E-state index in [4.69, 9.17) is 4.74 Å². The summed E-state index contributed by atoms with van der Waals surface area (Å²) >= 11 is 0. The molecule has 0 radical (unpaired) electrons. The molecule has 0 aromatic heterocycles. The molecule has 0 spiro atoms. The first-order valence-corrected chi connectivity index (χ1v) is 12.1. The lowest BCUT2D eigenvalue weighted by molar-refractivity contribution is 0.0548. The number of anilines is 1. The van der Waals surface area contributed by atoms with Gasteiger partial charge in [0.05, 0.1) is 17.1 Å². The Kier molecular flexibility index (Phi) is 5.06. The summed E-state index contributed by atoms with van der Waals surface area (Å²) < 4.78 is 34.9. The van der Waals surface area contributed by atoms with Gasteiger partial charge in [0.15, 0.2) is 0 Å². The fourth-order valence-electron chi connectivity index (χ4n) is 4.55. The van der Waals surface area contributed by atoms with E-state index in [-0.39, 0.29) is 16.8 Å². The zero-order valence-corrected chi connectivity index (χ0v) is 17.9. The van der Waals surface area contributed by atoms with E-state index in [1.54, 1.807) is 36.4 Å². The van der Waals surface area contributed by atoms with Crippen molar-refractivity contribution in [3.8, 4) is 5.75 Å². The molecule has 31 heavy (non-hydrogen) atoms. The normalized spacial score (nSPS) is 19.0. The van der Waals surface area contributed by atoms with Crippen LogP contribution in [0, 0.1) is 0 Å². The topological polar surface area (TPSA) is 75.7 Å². The van der Waals surface area contributed by atoms with Crippen LogP contribution in [0.5, 0.6) is 5.75 Å². The van der Waals surface area contributed by atoms with Crippen LogP contribution >= 0.6 is 0 Å². The monoisotopic (exact) mass is 436 g/mol. The third kappa shape index (κ3) is 3.74. The van der Waals surface area contributed by atoms with Crippen LogP contribution < -0.4 is 9.46 Å². The van der Waals surface area contributed by atoms with Crippen molar-refractivity contribution in [3.05, 3.63) is 66.2 Å². The van der Waals surface area contributed by atoms with Crippen molar-refractivity contribution in [2.45, 2.75) is 36.6 Å². The van der Waals surface area contributed by atoms with Gasteiger partial charge in [0.25, 0.3) is 15.9 Å². The van der Waals surface area contributed by atoms with Gasteiger partial charge in [-0.05, 0) is 48.9 Å². The number of hydrogen-bond acceptors (Lipinski definition) is 4. The Morgan fingerprint density at radius 2 is 1.81 bits per heavy atom. The van der Waals surface area contributed by atoms with Gasteiger partial charge in [0.1, 0.15) is 5.75 Å². The number of piperidine rings is 1. The average Bonchev–Trinajstić information content (AvgIpc) is 2.78. The number of nitrogens with zero attached hydrogens (tertiary/aromatic N) is 1. The highest BCUT2D eigenvalue weighted by Gasteiger charge is 2.31. The molecule has 2 aliphatic rings. The smallest absolute Gasteiger partial charge is 0.262 e. The van der Waals surface area contributed by atoms with Crippen molar-refractivity contribution < 1.29 is 17.9 Å². The van der Waals surface area contributed by atoms with Crippen LogP contribution in [0.1, 0.15) is 36.0 Å². The van der Waals surface area contributed by atoms with Crippen molar-refractivity contribution in [3.63, 3.8) is 0 Å². The standard InChI is InChI=1S/C24H24N2O4S/c27-24-21-16-18(11-12-22(21)30-15-13-19-8-3-4-14-26(19)24)25-31(28,29)23-10-5-7-17-6-1-2-9-20(17)23/h1-2,5-7,9-12,16,19,25H,3-4,8,13-15H2. The minimum atomic E-state index is -3.84. The molecule has 160 valence electrons. The summed E-state index contributed by atoms with van der Waals surface area (Å²) in [4.78, 5) is 15.4. The lowest BCUT2D eigenvalue weighted by atomic mass is 9.97. The van der Waals surface area contributed by atoms with Crippen molar-refractivity contribution in [2.24, 2.45) is 0 Å². The number of carbonyl (C=O) groups excluding carboxylic acids is 1. The molecule has 6 nitrogen and oxygen atoms in total. The van der Waals surface area contributed by atoms with Crippen LogP contribution in [-0.2, 0) is 10.0 Å². The molecule has 7 heteroatoms. The molecule has 5 rings (SSSR count). The predicted molar refractivity (Wildman–Crippen MR) is 120 cm³/mol. The summed E-state index contributed by atoms with van der Waals surface area (Å²) in [6, 6.07) is 17.7. The largest absolute Gasteiger partial charge is 0.493 e. The summed E-state index contributed by atoms with van der Waals surface area (Å²) in [6.45, 7) is 1.28. The molecule has 3 aromatic carbocycles. The first kappa shape index (κ1) is 19.9. The average molecular weight is 437 g/mol. The predicted octanol–water partition coefficient (Wildman–Crippen LogP) is 4.42. The molecule has 0 bridgehead atoms. The van der Waals surface area contributed by atoms with Crippen molar-refractivity contribution in [2.75, 3.05) is 17.9 Å². The van der Waals surface area contributed by atoms with Gasteiger partial charge in [-0.25, -0.2) is 8.42 Å². The van der Waals surface area contributed by atoms with Crippen LogP contribution in [-0.4, -0.2) is 38.4 Å². The second-order valence-electron chi connectivity index (χ2n) is 8.08. The van der Waals surface area contributed by atoms with E-state index in [1.165, 1.54) is 0 Å². The molecule has 3 aromatic rings. The molecule has 1 fully saturated rings. The van der Waals surface area contributed by atoms with Gasteiger partial charge < -0.3 is 9.64 Å². The van der Waals surface area contributed by atoms with E-state index in [0.29, 0.717) is 29.0 Å². The van der Waals surface area contributed by atoms with Gasteiger partial charge in [-0.2, -0.15) is 0 Å². The lowest BCUT2D eigenvalue weighted by Crippen LogP contribution is -2.45. The maximum absolute atomic E-state index is 13.3. The minimum absolute atomic E-state index is 0.0920. The Labute approximate surface area is 181 Å². The zero-order chi connectivity index (χ0) is 21.4. The SMILES string of the molecule is O=C1c2cc(NS(=O)(=O)c3cccc4ccccc34)ccc2OCCC2CCCCN12.